The quantitative estimate of drug-likeness (QED) is 0.714. The number of amides is 1. The van der Waals surface area contributed by atoms with Crippen LogP contribution in [0.25, 0.3) is 0 Å². The van der Waals surface area contributed by atoms with Gasteiger partial charge in [0, 0.05) is 31.3 Å². The lowest BCUT2D eigenvalue weighted by Gasteiger charge is -2.32. The van der Waals surface area contributed by atoms with Crippen LogP contribution in [0.3, 0.4) is 0 Å². The average Bonchev–Trinajstić information content (AvgIpc) is 2.27. The zero-order valence-electron chi connectivity index (χ0n) is 9.95. The Morgan fingerprint density at radius 3 is 2.20 bits per heavy atom. The lowest BCUT2D eigenvalue weighted by Crippen LogP contribution is -2.42. The number of likely N-dealkylation sites (tertiary alicyclic amines) is 1. The van der Waals surface area contributed by atoms with Crippen LogP contribution in [0.15, 0.2) is 0 Å². The second kappa shape index (κ2) is 5.29. The molecule has 3 nitrogen and oxygen atoms in total. The molecule has 1 heterocycles. The molecule has 86 valence electrons. The topological polar surface area (TPSA) is 37.4 Å². The highest BCUT2D eigenvalue weighted by molar-refractivity contribution is 5.82. The lowest BCUT2D eigenvalue weighted by atomic mass is 9.91. The number of hydrogen-bond acceptors (Lipinski definition) is 2. The van der Waals surface area contributed by atoms with Crippen molar-refractivity contribution in [1.82, 2.24) is 4.90 Å². The maximum atomic E-state index is 11.7. The Morgan fingerprint density at radius 1 is 1.27 bits per heavy atom. The molecule has 0 saturated carbocycles. The molecule has 3 heteroatoms. The Labute approximate surface area is 91.8 Å². The number of hydrogen-bond donors (Lipinski definition) is 0. The summed E-state index contributed by atoms with van der Waals surface area (Å²) in [7, 11) is 0. The SMILES string of the molecule is CCC(=O)C1CCN(C(=O)C(C)C)CC1. The standard InChI is InChI=1S/C12H21NO2/c1-4-11(14)10-5-7-13(8-6-10)12(15)9(2)3/h9-10H,4-8H2,1-3H3. The molecular formula is C12H21NO2. The van der Waals surface area contributed by atoms with E-state index in [4.69, 9.17) is 0 Å². The van der Waals surface area contributed by atoms with E-state index in [0.29, 0.717) is 12.2 Å². The predicted octanol–water partition coefficient (Wildman–Crippen LogP) is 1.86. The molecule has 0 aromatic heterocycles. The van der Waals surface area contributed by atoms with Gasteiger partial charge in [0.05, 0.1) is 0 Å². The lowest BCUT2D eigenvalue weighted by molar-refractivity contribution is -0.137. The van der Waals surface area contributed by atoms with E-state index < -0.39 is 0 Å². The molecule has 0 N–H and O–H groups in total. The van der Waals surface area contributed by atoms with Crippen molar-refractivity contribution in [3.63, 3.8) is 0 Å². The summed E-state index contributed by atoms with van der Waals surface area (Å²) in [5.74, 6) is 0.846. The van der Waals surface area contributed by atoms with Crippen LogP contribution < -0.4 is 0 Å². The van der Waals surface area contributed by atoms with Gasteiger partial charge in [-0.15, -0.1) is 0 Å². The summed E-state index contributed by atoms with van der Waals surface area (Å²) in [5, 5.41) is 0. The summed E-state index contributed by atoms with van der Waals surface area (Å²) in [6.45, 7) is 7.27. The highest BCUT2D eigenvalue weighted by Gasteiger charge is 2.26. The number of nitrogens with zero attached hydrogens (tertiary/aromatic N) is 1. The van der Waals surface area contributed by atoms with Crippen molar-refractivity contribution in [1.29, 1.82) is 0 Å². The minimum Gasteiger partial charge on any atom is -0.342 e. The molecular weight excluding hydrogens is 190 g/mol. The fourth-order valence-corrected chi connectivity index (χ4v) is 2.08. The molecule has 0 aromatic carbocycles. The van der Waals surface area contributed by atoms with E-state index in [2.05, 4.69) is 0 Å². The number of Topliss-reactive ketones (excluding diaryl/α,β-unsaturated/α-hetero) is 1. The highest BCUT2D eigenvalue weighted by atomic mass is 16.2. The molecule has 15 heavy (non-hydrogen) atoms. The van der Waals surface area contributed by atoms with Crippen LogP contribution in [0.5, 0.6) is 0 Å². The molecule has 1 saturated heterocycles. The van der Waals surface area contributed by atoms with Gasteiger partial charge in [0.2, 0.25) is 5.91 Å². The van der Waals surface area contributed by atoms with Gasteiger partial charge in [-0.2, -0.15) is 0 Å². The monoisotopic (exact) mass is 211 g/mol. The summed E-state index contributed by atoms with van der Waals surface area (Å²) >= 11 is 0. The molecule has 1 rings (SSSR count). The first-order valence-corrected chi connectivity index (χ1v) is 5.87. The molecule has 0 aromatic rings. The van der Waals surface area contributed by atoms with Crippen molar-refractivity contribution in [2.75, 3.05) is 13.1 Å². The van der Waals surface area contributed by atoms with Gasteiger partial charge in [-0.05, 0) is 12.8 Å². The third kappa shape index (κ3) is 3.05. The van der Waals surface area contributed by atoms with Gasteiger partial charge in [0.25, 0.3) is 0 Å². The van der Waals surface area contributed by atoms with Crippen LogP contribution in [0.2, 0.25) is 0 Å². The van der Waals surface area contributed by atoms with Gasteiger partial charge in [0.1, 0.15) is 5.78 Å². The average molecular weight is 211 g/mol. The van der Waals surface area contributed by atoms with Crippen LogP contribution in [0.1, 0.15) is 40.0 Å². The van der Waals surface area contributed by atoms with Crippen LogP contribution in [-0.4, -0.2) is 29.7 Å². The Balaban J connectivity index is 2.42. The molecule has 1 fully saturated rings. The molecule has 0 unspecified atom stereocenters. The van der Waals surface area contributed by atoms with Gasteiger partial charge in [-0.25, -0.2) is 0 Å². The van der Waals surface area contributed by atoms with E-state index in [1.807, 2.05) is 25.7 Å². The Kier molecular flexibility index (Phi) is 4.30. The Bertz CT molecular complexity index is 240. The van der Waals surface area contributed by atoms with Crippen LogP contribution in [0.4, 0.5) is 0 Å². The van der Waals surface area contributed by atoms with Crippen molar-refractivity contribution in [2.24, 2.45) is 11.8 Å². The van der Waals surface area contributed by atoms with Crippen LogP contribution in [0, 0.1) is 11.8 Å². The summed E-state index contributed by atoms with van der Waals surface area (Å²) in [6, 6.07) is 0. The predicted molar refractivity (Wildman–Crippen MR) is 59.4 cm³/mol. The van der Waals surface area contributed by atoms with E-state index in [1.54, 1.807) is 0 Å². The van der Waals surface area contributed by atoms with Crippen LogP contribution >= 0.6 is 0 Å². The third-order valence-corrected chi connectivity index (χ3v) is 3.10. The maximum absolute atomic E-state index is 11.7. The van der Waals surface area contributed by atoms with Crippen molar-refractivity contribution in [2.45, 2.75) is 40.0 Å². The molecule has 0 bridgehead atoms. The number of piperidine rings is 1. The van der Waals surface area contributed by atoms with E-state index in [1.165, 1.54) is 0 Å². The zero-order valence-corrected chi connectivity index (χ0v) is 9.95. The largest absolute Gasteiger partial charge is 0.342 e. The molecule has 1 amide bonds. The third-order valence-electron chi connectivity index (χ3n) is 3.10. The van der Waals surface area contributed by atoms with Gasteiger partial charge in [0.15, 0.2) is 0 Å². The maximum Gasteiger partial charge on any atom is 0.225 e. The number of carbonyl (C=O) groups is 2. The number of rotatable bonds is 3. The van der Waals surface area contributed by atoms with E-state index in [0.717, 1.165) is 25.9 Å². The van der Waals surface area contributed by atoms with E-state index >= 15 is 0 Å². The minimum atomic E-state index is 0.0726. The molecule has 0 atom stereocenters. The second-order valence-corrected chi connectivity index (χ2v) is 4.57. The summed E-state index contributed by atoms with van der Waals surface area (Å²) in [6.07, 6.45) is 2.33. The van der Waals surface area contributed by atoms with Gasteiger partial charge < -0.3 is 4.90 Å². The van der Waals surface area contributed by atoms with Gasteiger partial charge in [-0.3, -0.25) is 9.59 Å². The molecule has 1 aliphatic heterocycles. The number of ketones is 1. The minimum absolute atomic E-state index is 0.0726. The van der Waals surface area contributed by atoms with E-state index in [9.17, 15) is 9.59 Å². The molecule has 0 spiro atoms. The van der Waals surface area contributed by atoms with Crippen molar-refractivity contribution in [3.8, 4) is 0 Å². The first-order chi connectivity index (χ1) is 7.06. The summed E-state index contributed by atoms with van der Waals surface area (Å²) < 4.78 is 0. The Hall–Kier alpha value is -0.860. The van der Waals surface area contributed by atoms with Crippen molar-refractivity contribution < 1.29 is 9.59 Å². The van der Waals surface area contributed by atoms with Crippen molar-refractivity contribution in [3.05, 3.63) is 0 Å². The fourth-order valence-electron chi connectivity index (χ4n) is 2.08. The van der Waals surface area contributed by atoms with E-state index in [-0.39, 0.29) is 17.7 Å². The molecule has 0 aliphatic carbocycles. The summed E-state index contributed by atoms with van der Waals surface area (Å²) in [4.78, 5) is 25.1. The fraction of sp³-hybridized carbons (Fsp3) is 0.833. The van der Waals surface area contributed by atoms with Gasteiger partial charge in [-0.1, -0.05) is 20.8 Å². The van der Waals surface area contributed by atoms with Crippen LogP contribution in [-0.2, 0) is 9.59 Å². The zero-order chi connectivity index (χ0) is 11.4. The second-order valence-electron chi connectivity index (χ2n) is 4.57. The Morgan fingerprint density at radius 2 is 1.80 bits per heavy atom. The molecule has 0 radical (unpaired) electrons. The highest BCUT2D eigenvalue weighted by Crippen LogP contribution is 2.20. The van der Waals surface area contributed by atoms with Crippen molar-refractivity contribution >= 4 is 11.7 Å². The number of carbonyl (C=O) groups excluding carboxylic acids is 2. The molecule has 1 aliphatic rings. The smallest absolute Gasteiger partial charge is 0.225 e. The first-order valence-electron chi connectivity index (χ1n) is 5.87. The first kappa shape index (κ1) is 12.2. The van der Waals surface area contributed by atoms with Gasteiger partial charge >= 0.3 is 0 Å². The summed E-state index contributed by atoms with van der Waals surface area (Å²) in [5.41, 5.74) is 0. The normalized spacial score (nSPS) is 18.3.